The van der Waals surface area contributed by atoms with Crippen molar-refractivity contribution in [2.75, 3.05) is 24.9 Å². The minimum atomic E-state index is -0.328. The molecule has 2 aromatic carbocycles. The van der Waals surface area contributed by atoms with E-state index < -0.39 is 0 Å². The Kier molecular flexibility index (Phi) is 5.54. The lowest BCUT2D eigenvalue weighted by Gasteiger charge is -2.10. The first kappa shape index (κ1) is 18.2. The number of ether oxygens (including phenoxy) is 2. The molecule has 8 heteroatoms. The van der Waals surface area contributed by atoms with Gasteiger partial charge in [0, 0.05) is 17.1 Å². The predicted molar refractivity (Wildman–Crippen MR) is 104 cm³/mol. The molecule has 3 rings (SSSR count). The lowest BCUT2D eigenvalue weighted by atomic mass is 10.2. The number of benzene rings is 2. The number of hydrogen-bond donors (Lipinski definition) is 2. The molecule has 1 heterocycles. The van der Waals surface area contributed by atoms with Crippen LogP contribution in [0.2, 0.25) is 0 Å². The number of hydrogen-bond acceptors (Lipinski definition) is 7. The number of amides is 1. The molecule has 0 fully saturated rings. The summed E-state index contributed by atoms with van der Waals surface area (Å²) in [6.07, 6.45) is 0. The highest BCUT2D eigenvalue weighted by Crippen LogP contribution is 2.32. The Bertz CT molecular complexity index is 993. The first-order valence-electron chi connectivity index (χ1n) is 7.89. The van der Waals surface area contributed by atoms with Crippen molar-refractivity contribution in [2.24, 2.45) is 0 Å². The lowest BCUT2D eigenvalue weighted by molar-refractivity contribution is 0.102. The number of anilines is 3. The Morgan fingerprint density at radius 2 is 1.93 bits per heavy atom. The van der Waals surface area contributed by atoms with Crippen LogP contribution in [0.5, 0.6) is 11.5 Å². The molecule has 136 valence electrons. The van der Waals surface area contributed by atoms with Gasteiger partial charge in [0.2, 0.25) is 0 Å². The fraction of sp³-hybridized carbons (Fsp3) is 0.105. The zero-order valence-corrected chi connectivity index (χ0v) is 15.5. The summed E-state index contributed by atoms with van der Waals surface area (Å²) in [4.78, 5) is 16.6. The van der Waals surface area contributed by atoms with Crippen molar-refractivity contribution in [3.63, 3.8) is 0 Å². The van der Waals surface area contributed by atoms with Gasteiger partial charge in [0.1, 0.15) is 17.2 Å². The van der Waals surface area contributed by atoms with Crippen LogP contribution >= 0.6 is 11.3 Å². The molecule has 0 radical (unpaired) electrons. The van der Waals surface area contributed by atoms with Crippen molar-refractivity contribution in [1.82, 2.24) is 4.98 Å². The topological polar surface area (TPSA) is 96.3 Å². The summed E-state index contributed by atoms with van der Waals surface area (Å²) in [7, 11) is 3.15. The maximum atomic E-state index is 12.3. The Morgan fingerprint density at radius 1 is 1.15 bits per heavy atom. The van der Waals surface area contributed by atoms with Crippen LogP contribution in [0, 0.1) is 11.3 Å². The van der Waals surface area contributed by atoms with Crippen LogP contribution in [0.1, 0.15) is 16.1 Å². The number of carbonyl (C=O) groups is 1. The number of carbonyl (C=O) groups excluding carboxylic acids is 1. The van der Waals surface area contributed by atoms with E-state index in [0.717, 1.165) is 0 Å². The number of thiazole rings is 1. The van der Waals surface area contributed by atoms with Gasteiger partial charge in [-0.05, 0) is 36.4 Å². The van der Waals surface area contributed by atoms with Crippen LogP contribution < -0.4 is 20.1 Å². The van der Waals surface area contributed by atoms with Gasteiger partial charge in [-0.1, -0.05) is 0 Å². The molecule has 3 aromatic rings. The molecule has 0 unspecified atom stereocenters. The van der Waals surface area contributed by atoms with Crippen molar-refractivity contribution < 1.29 is 14.3 Å². The SMILES string of the molecule is COc1ccc(Nc2nc(C(=O)Nc3ccc(C#N)cc3)cs2)c(OC)c1. The summed E-state index contributed by atoms with van der Waals surface area (Å²) in [5.74, 6) is 0.956. The molecular formula is C19H16N4O3S. The minimum absolute atomic E-state index is 0.291. The van der Waals surface area contributed by atoms with Crippen molar-refractivity contribution in [3.8, 4) is 17.6 Å². The van der Waals surface area contributed by atoms with Crippen LogP contribution in [0.25, 0.3) is 0 Å². The van der Waals surface area contributed by atoms with E-state index in [4.69, 9.17) is 14.7 Å². The maximum absolute atomic E-state index is 12.3. The summed E-state index contributed by atoms with van der Waals surface area (Å²) in [5.41, 5.74) is 2.13. The van der Waals surface area contributed by atoms with Crippen molar-refractivity contribution in [3.05, 3.63) is 59.1 Å². The van der Waals surface area contributed by atoms with Crippen LogP contribution in [0.4, 0.5) is 16.5 Å². The monoisotopic (exact) mass is 380 g/mol. The maximum Gasteiger partial charge on any atom is 0.275 e. The molecule has 0 atom stereocenters. The number of methoxy groups -OCH3 is 2. The molecule has 0 saturated heterocycles. The van der Waals surface area contributed by atoms with Crippen LogP contribution in [0.3, 0.4) is 0 Å². The van der Waals surface area contributed by atoms with Crippen LogP contribution in [-0.2, 0) is 0 Å². The number of nitrogens with zero attached hydrogens (tertiary/aromatic N) is 2. The Labute approximate surface area is 160 Å². The van der Waals surface area contributed by atoms with E-state index >= 15 is 0 Å². The second-order valence-electron chi connectivity index (χ2n) is 5.37. The molecule has 0 bridgehead atoms. The summed E-state index contributed by atoms with van der Waals surface area (Å²) >= 11 is 1.31. The molecule has 27 heavy (non-hydrogen) atoms. The van der Waals surface area contributed by atoms with Crippen LogP contribution in [-0.4, -0.2) is 25.1 Å². The van der Waals surface area contributed by atoms with E-state index in [1.165, 1.54) is 11.3 Å². The first-order valence-corrected chi connectivity index (χ1v) is 8.77. The zero-order valence-electron chi connectivity index (χ0n) is 14.6. The zero-order chi connectivity index (χ0) is 19.2. The molecule has 0 aliphatic carbocycles. The van der Waals surface area contributed by atoms with E-state index in [9.17, 15) is 4.79 Å². The number of nitrogens with one attached hydrogen (secondary N) is 2. The highest BCUT2D eigenvalue weighted by molar-refractivity contribution is 7.14. The molecule has 0 aliphatic heterocycles. The third-order valence-corrected chi connectivity index (χ3v) is 4.42. The van der Waals surface area contributed by atoms with Gasteiger partial charge < -0.3 is 20.1 Å². The van der Waals surface area contributed by atoms with Gasteiger partial charge in [0.15, 0.2) is 5.13 Å². The first-order chi connectivity index (χ1) is 13.1. The van der Waals surface area contributed by atoms with Crippen molar-refractivity contribution in [2.45, 2.75) is 0 Å². The fourth-order valence-corrected chi connectivity index (χ4v) is 2.98. The molecular weight excluding hydrogens is 364 g/mol. The van der Waals surface area contributed by atoms with Gasteiger partial charge in [-0.3, -0.25) is 4.79 Å². The van der Waals surface area contributed by atoms with E-state index in [-0.39, 0.29) is 5.91 Å². The number of nitriles is 1. The predicted octanol–water partition coefficient (Wildman–Crippen LogP) is 4.03. The van der Waals surface area contributed by atoms with Crippen molar-refractivity contribution >= 4 is 33.8 Å². The van der Waals surface area contributed by atoms with Crippen LogP contribution in [0.15, 0.2) is 47.8 Å². The second-order valence-corrected chi connectivity index (χ2v) is 6.23. The summed E-state index contributed by atoms with van der Waals surface area (Å²) in [5, 5.41) is 16.9. The van der Waals surface area contributed by atoms with Crippen molar-refractivity contribution in [1.29, 1.82) is 5.26 Å². The van der Waals surface area contributed by atoms with Gasteiger partial charge >= 0.3 is 0 Å². The molecule has 2 N–H and O–H groups in total. The molecule has 0 spiro atoms. The van der Waals surface area contributed by atoms with Gasteiger partial charge in [-0.15, -0.1) is 11.3 Å². The van der Waals surface area contributed by atoms with E-state index in [1.54, 1.807) is 56.0 Å². The standard InChI is InChI=1S/C19H16N4O3S/c1-25-14-7-8-15(17(9-14)26-2)22-19-23-16(11-27-19)18(24)21-13-5-3-12(10-20)4-6-13/h3-9,11H,1-2H3,(H,21,24)(H,22,23). The van der Waals surface area contributed by atoms with E-state index in [1.807, 2.05) is 12.1 Å². The minimum Gasteiger partial charge on any atom is -0.497 e. The molecule has 0 aliphatic rings. The quantitative estimate of drug-likeness (QED) is 0.670. The average Bonchev–Trinajstić information content (AvgIpc) is 3.17. The smallest absolute Gasteiger partial charge is 0.275 e. The normalized spacial score (nSPS) is 9.96. The summed E-state index contributed by atoms with van der Waals surface area (Å²) < 4.78 is 10.5. The molecule has 1 aromatic heterocycles. The van der Waals surface area contributed by atoms with Gasteiger partial charge in [-0.25, -0.2) is 4.98 Å². The van der Waals surface area contributed by atoms with Gasteiger partial charge in [0.25, 0.3) is 5.91 Å². The molecule has 0 saturated carbocycles. The van der Waals surface area contributed by atoms with Gasteiger partial charge in [-0.2, -0.15) is 5.26 Å². The Hall–Kier alpha value is -3.57. The average molecular weight is 380 g/mol. The highest BCUT2D eigenvalue weighted by atomic mass is 32.1. The summed E-state index contributed by atoms with van der Waals surface area (Å²) in [6.45, 7) is 0. The molecule has 7 nitrogen and oxygen atoms in total. The van der Waals surface area contributed by atoms with E-state index in [0.29, 0.717) is 39.3 Å². The highest BCUT2D eigenvalue weighted by Gasteiger charge is 2.13. The molecule has 1 amide bonds. The Balaban J connectivity index is 1.70. The third-order valence-electron chi connectivity index (χ3n) is 3.66. The number of aromatic nitrogens is 1. The largest absolute Gasteiger partial charge is 0.497 e. The second kappa shape index (κ2) is 8.21. The summed E-state index contributed by atoms with van der Waals surface area (Å²) in [6, 6.07) is 14.0. The number of rotatable bonds is 6. The van der Waals surface area contributed by atoms with Gasteiger partial charge in [0.05, 0.1) is 31.5 Å². The fourth-order valence-electron chi connectivity index (χ4n) is 2.28. The third kappa shape index (κ3) is 4.34. The Morgan fingerprint density at radius 3 is 2.59 bits per heavy atom. The lowest BCUT2D eigenvalue weighted by Crippen LogP contribution is -2.12. The van der Waals surface area contributed by atoms with E-state index in [2.05, 4.69) is 15.6 Å².